The SMILES string of the molecule is NS(=O)(=O)c1ccc(/N=C2\S/C(=C3\C(=O)Nc4ccc(Cl)cc43)C(=O)N2c2ccc(F)cc2)cc1. The van der Waals surface area contributed by atoms with Crippen LogP contribution >= 0.6 is 23.4 Å². The summed E-state index contributed by atoms with van der Waals surface area (Å²) in [6, 6.07) is 15.6. The van der Waals surface area contributed by atoms with Crippen LogP contribution in [0.1, 0.15) is 5.56 Å². The minimum Gasteiger partial charge on any atom is -0.321 e. The number of thioether (sulfide) groups is 1. The molecule has 3 aromatic carbocycles. The molecule has 1 fully saturated rings. The quantitative estimate of drug-likeness (QED) is 0.492. The second-order valence-corrected chi connectivity index (χ2v) is 10.5. The Labute approximate surface area is 208 Å². The molecule has 2 aliphatic rings. The number of primary sulfonamides is 1. The molecule has 2 aliphatic heterocycles. The molecule has 5 rings (SSSR count). The summed E-state index contributed by atoms with van der Waals surface area (Å²) in [6.07, 6.45) is 0. The zero-order chi connectivity index (χ0) is 24.9. The smallest absolute Gasteiger partial charge is 0.272 e. The molecule has 0 atom stereocenters. The van der Waals surface area contributed by atoms with E-state index >= 15 is 0 Å². The molecule has 0 spiro atoms. The van der Waals surface area contributed by atoms with Crippen LogP contribution in [0, 0.1) is 5.82 Å². The third-order valence-electron chi connectivity index (χ3n) is 5.21. The number of nitrogens with zero attached hydrogens (tertiary/aromatic N) is 2. The number of benzene rings is 3. The molecule has 0 aliphatic carbocycles. The molecule has 12 heteroatoms. The number of rotatable bonds is 3. The third-order valence-corrected chi connectivity index (χ3v) is 7.41. The Morgan fingerprint density at radius 2 is 1.69 bits per heavy atom. The number of hydrogen-bond acceptors (Lipinski definition) is 6. The molecular weight excluding hydrogens is 515 g/mol. The third kappa shape index (κ3) is 4.34. The summed E-state index contributed by atoms with van der Waals surface area (Å²) < 4.78 is 36.6. The molecule has 2 heterocycles. The summed E-state index contributed by atoms with van der Waals surface area (Å²) in [5.41, 5.74) is 1.83. The number of carbonyl (C=O) groups is 2. The average Bonchev–Trinajstić information content (AvgIpc) is 3.29. The van der Waals surface area contributed by atoms with Crippen LogP contribution in [0.25, 0.3) is 5.57 Å². The molecule has 2 amide bonds. The van der Waals surface area contributed by atoms with Gasteiger partial charge in [0.2, 0.25) is 10.0 Å². The number of fused-ring (bicyclic) bond motifs is 1. The van der Waals surface area contributed by atoms with Gasteiger partial charge in [-0.3, -0.25) is 14.5 Å². The number of sulfonamides is 1. The fourth-order valence-electron chi connectivity index (χ4n) is 3.60. The predicted molar refractivity (Wildman–Crippen MR) is 133 cm³/mol. The lowest BCUT2D eigenvalue weighted by atomic mass is 10.1. The van der Waals surface area contributed by atoms with Crippen LogP contribution in [0.2, 0.25) is 5.02 Å². The summed E-state index contributed by atoms with van der Waals surface area (Å²) in [5, 5.41) is 8.45. The van der Waals surface area contributed by atoms with Crippen LogP contribution in [0.15, 0.2) is 81.5 Å². The molecule has 176 valence electrons. The Bertz CT molecular complexity index is 1570. The highest BCUT2D eigenvalue weighted by atomic mass is 35.5. The van der Waals surface area contributed by atoms with E-state index in [4.69, 9.17) is 16.7 Å². The molecule has 0 bridgehead atoms. The van der Waals surface area contributed by atoms with Crippen molar-refractivity contribution < 1.29 is 22.4 Å². The molecule has 3 N–H and O–H groups in total. The van der Waals surface area contributed by atoms with Gasteiger partial charge in [0.1, 0.15) is 5.82 Å². The Morgan fingerprint density at radius 3 is 2.34 bits per heavy atom. The summed E-state index contributed by atoms with van der Waals surface area (Å²) in [7, 11) is -3.89. The van der Waals surface area contributed by atoms with Crippen LogP contribution in [-0.2, 0) is 19.6 Å². The van der Waals surface area contributed by atoms with Gasteiger partial charge in [-0.15, -0.1) is 0 Å². The molecule has 0 unspecified atom stereocenters. The summed E-state index contributed by atoms with van der Waals surface area (Å²) in [4.78, 5) is 32.2. The highest BCUT2D eigenvalue weighted by molar-refractivity contribution is 8.19. The van der Waals surface area contributed by atoms with Crippen LogP contribution in [0.3, 0.4) is 0 Å². The Hall–Kier alpha value is -3.51. The van der Waals surface area contributed by atoms with Crippen molar-refractivity contribution in [3.63, 3.8) is 0 Å². The van der Waals surface area contributed by atoms with Crippen molar-refractivity contribution in [2.24, 2.45) is 10.1 Å². The first-order valence-electron chi connectivity index (χ1n) is 9.97. The van der Waals surface area contributed by atoms with E-state index in [2.05, 4.69) is 10.3 Å². The first-order valence-corrected chi connectivity index (χ1v) is 12.7. The molecule has 0 saturated carbocycles. The van der Waals surface area contributed by atoms with E-state index < -0.39 is 27.7 Å². The minimum absolute atomic E-state index is 0.0917. The zero-order valence-electron chi connectivity index (χ0n) is 17.5. The lowest BCUT2D eigenvalue weighted by Crippen LogP contribution is -2.29. The maximum absolute atomic E-state index is 13.6. The molecule has 1 saturated heterocycles. The summed E-state index contributed by atoms with van der Waals surface area (Å²) >= 11 is 7.09. The largest absolute Gasteiger partial charge is 0.321 e. The van der Waals surface area contributed by atoms with Crippen LogP contribution < -0.4 is 15.4 Å². The van der Waals surface area contributed by atoms with Gasteiger partial charge in [0.15, 0.2) is 5.17 Å². The van der Waals surface area contributed by atoms with Gasteiger partial charge in [-0.05, 0) is 78.5 Å². The molecule has 35 heavy (non-hydrogen) atoms. The second kappa shape index (κ2) is 8.61. The van der Waals surface area contributed by atoms with E-state index in [9.17, 15) is 22.4 Å². The maximum Gasteiger partial charge on any atom is 0.272 e. The fraction of sp³-hybridized carbons (Fsp3) is 0. The topological polar surface area (TPSA) is 122 Å². The van der Waals surface area contributed by atoms with E-state index in [1.54, 1.807) is 18.2 Å². The molecule has 3 aromatic rings. The van der Waals surface area contributed by atoms with Crippen LogP contribution in [-0.4, -0.2) is 25.4 Å². The van der Waals surface area contributed by atoms with Crippen molar-refractivity contribution in [1.82, 2.24) is 0 Å². The number of amides is 2. The Morgan fingerprint density at radius 1 is 1.00 bits per heavy atom. The van der Waals surface area contributed by atoms with Crippen molar-refractivity contribution in [3.05, 3.63) is 88.0 Å². The van der Waals surface area contributed by atoms with Crippen LogP contribution in [0.5, 0.6) is 0 Å². The number of nitrogens with two attached hydrogens (primary N) is 1. The number of aliphatic imine (C=N–C) groups is 1. The number of nitrogens with one attached hydrogen (secondary N) is 1. The van der Waals surface area contributed by atoms with Gasteiger partial charge in [-0.2, -0.15) is 0 Å². The fourth-order valence-corrected chi connectivity index (χ4v) is 5.39. The Kier molecular flexibility index (Phi) is 5.72. The van der Waals surface area contributed by atoms with Gasteiger partial charge in [0.05, 0.1) is 26.7 Å². The first-order chi connectivity index (χ1) is 16.6. The number of hydrogen-bond donors (Lipinski definition) is 2. The first kappa shape index (κ1) is 23.2. The molecule has 0 radical (unpaired) electrons. The predicted octanol–water partition coefficient (Wildman–Crippen LogP) is 4.26. The van der Waals surface area contributed by atoms with E-state index in [1.165, 1.54) is 53.4 Å². The van der Waals surface area contributed by atoms with E-state index in [1.807, 2.05) is 0 Å². The van der Waals surface area contributed by atoms with Crippen molar-refractivity contribution in [2.45, 2.75) is 4.90 Å². The monoisotopic (exact) mass is 528 g/mol. The highest BCUT2D eigenvalue weighted by Crippen LogP contribution is 2.44. The Balaban J connectivity index is 1.65. The lowest BCUT2D eigenvalue weighted by molar-refractivity contribution is -0.114. The van der Waals surface area contributed by atoms with Crippen molar-refractivity contribution in [1.29, 1.82) is 0 Å². The van der Waals surface area contributed by atoms with Gasteiger partial charge in [0, 0.05) is 16.3 Å². The lowest BCUT2D eigenvalue weighted by Gasteiger charge is -2.15. The highest BCUT2D eigenvalue weighted by Gasteiger charge is 2.41. The van der Waals surface area contributed by atoms with Gasteiger partial charge >= 0.3 is 0 Å². The van der Waals surface area contributed by atoms with Crippen molar-refractivity contribution in [3.8, 4) is 0 Å². The molecular formula is C23H14ClFN4O4S2. The van der Waals surface area contributed by atoms with E-state index in [0.717, 1.165) is 11.8 Å². The standard InChI is InChI=1S/C23H14ClFN4O4S2/c24-12-1-10-18-17(11-12)19(21(30)28-18)20-22(31)29(15-6-2-13(25)3-7-15)23(34-20)27-14-4-8-16(9-5-14)35(26,32)33/h1-11H,(H,28,30)(H2,26,32,33)/b20-19-,27-23-. The second-order valence-electron chi connectivity index (χ2n) is 7.50. The van der Waals surface area contributed by atoms with E-state index in [-0.39, 0.29) is 20.5 Å². The summed E-state index contributed by atoms with van der Waals surface area (Å²) in [5.74, 6) is -1.47. The number of anilines is 2. The zero-order valence-corrected chi connectivity index (χ0v) is 19.9. The van der Waals surface area contributed by atoms with E-state index in [0.29, 0.717) is 27.6 Å². The number of carbonyl (C=O) groups excluding carboxylic acids is 2. The molecule has 0 aromatic heterocycles. The van der Waals surface area contributed by atoms with Crippen molar-refractivity contribution in [2.75, 3.05) is 10.2 Å². The minimum atomic E-state index is -3.89. The number of amidine groups is 1. The number of halogens is 2. The maximum atomic E-state index is 13.6. The summed E-state index contributed by atoms with van der Waals surface area (Å²) in [6.45, 7) is 0. The van der Waals surface area contributed by atoms with Crippen molar-refractivity contribution >= 4 is 73.0 Å². The average molecular weight is 529 g/mol. The van der Waals surface area contributed by atoms with Gasteiger partial charge < -0.3 is 5.32 Å². The van der Waals surface area contributed by atoms with Gasteiger partial charge in [-0.25, -0.2) is 22.9 Å². The van der Waals surface area contributed by atoms with Crippen LogP contribution in [0.4, 0.5) is 21.5 Å². The van der Waals surface area contributed by atoms with Gasteiger partial charge in [0.25, 0.3) is 11.8 Å². The normalized spacial score (nSPS) is 18.8. The molecule has 8 nitrogen and oxygen atoms in total. The van der Waals surface area contributed by atoms with Gasteiger partial charge in [-0.1, -0.05) is 11.6 Å².